The molecule has 3 saturated heterocycles. The van der Waals surface area contributed by atoms with Crippen molar-refractivity contribution in [3.8, 4) is 11.9 Å². The van der Waals surface area contributed by atoms with Gasteiger partial charge in [-0.05, 0) is 38.6 Å². The summed E-state index contributed by atoms with van der Waals surface area (Å²) in [4.78, 5) is 17.5. The van der Waals surface area contributed by atoms with Gasteiger partial charge in [-0.2, -0.15) is 15.0 Å². The van der Waals surface area contributed by atoms with E-state index in [9.17, 15) is 8.78 Å². The largest absolute Gasteiger partial charge is 0.475 e. The van der Waals surface area contributed by atoms with E-state index >= 15 is 0 Å². The molecule has 0 amide bonds. The Hall–Kier alpha value is -2.00. The standard InChI is InChI=1S/C21H24ClF2N5O2/c22-17-15(24)16-14-18(29-7-2-1-4-13(29)10-30-19(14)26-17)27-20(25-16)31-11-21-5-3-6-28(21)9-12(23)8-21/h12-13H,1-11H2/t12-,13+,21+/m1/s1. The number of rotatable bonds is 3. The monoisotopic (exact) mass is 451 g/mol. The van der Waals surface area contributed by atoms with E-state index < -0.39 is 12.0 Å². The smallest absolute Gasteiger partial charge is 0.319 e. The summed E-state index contributed by atoms with van der Waals surface area (Å²) < 4.78 is 41.0. The van der Waals surface area contributed by atoms with Crippen LogP contribution in [0.3, 0.4) is 0 Å². The van der Waals surface area contributed by atoms with Crippen molar-refractivity contribution < 1.29 is 18.3 Å². The predicted molar refractivity (Wildman–Crippen MR) is 111 cm³/mol. The molecule has 3 atom stereocenters. The lowest BCUT2D eigenvalue weighted by Gasteiger charge is -2.35. The van der Waals surface area contributed by atoms with Gasteiger partial charge < -0.3 is 14.4 Å². The van der Waals surface area contributed by atoms with E-state index in [1.165, 1.54) is 0 Å². The zero-order chi connectivity index (χ0) is 21.2. The second kappa shape index (κ2) is 7.27. The molecule has 0 spiro atoms. The molecule has 2 aromatic heterocycles. The Kier molecular flexibility index (Phi) is 4.61. The minimum atomic E-state index is -0.845. The van der Waals surface area contributed by atoms with Crippen LogP contribution in [0, 0.1) is 5.82 Å². The van der Waals surface area contributed by atoms with Gasteiger partial charge in [-0.3, -0.25) is 4.90 Å². The molecule has 6 rings (SSSR count). The van der Waals surface area contributed by atoms with Gasteiger partial charge in [-0.1, -0.05) is 11.6 Å². The fourth-order valence-corrected chi connectivity index (χ4v) is 5.90. The number of alkyl halides is 1. The number of hydrogen-bond donors (Lipinski definition) is 0. The molecule has 4 aliphatic rings. The predicted octanol–water partition coefficient (Wildman–Crippen LogP) is 3.52. The number of fused-ring (bicyclic) bond motifs is 3. The lowest BCUT2D eigenvalue weighted by atomic mass is 9.95. The van der Waals surface area contributed by atoms with Gasteiger partial charge in [-0.15, -0.1) is 0 Å². The molecule has 7 nitrogen and oxygen atoms in total. The highest BCUT2D eigenvalue weighted by molar-refractivity contribution is 6.30. The van der Waals surface area contributed by atoms with Crippen molar-refractivity contribution in [1.82, 2.24) is 19.9 Å². The summed E-state index contributed by atoms with van der Waals surface area (Å²) >= 11 is 6.05. The second-order valence-electron chi connectivity index (χ2n) is 9.09. The van der Waals surface area contributed by atoms with E-state index in [1.807, 2.05) is 0 Å². The molecule has 0 radical (unpaired) electrons. The quantitative estimate of drug-likeness (QED) is 0.661. The lowest BCUT2D eigenvalue weighted by Crippen LogP contribution is -2.44. The number of halogens is 3. The summed E-state index contributed by atoms with van der Waals surface area (Å²) in [5.74, 6) is 0.128. The third-order valence-corrected chi connectivity index (χ3v) is 7.46. The molecular weight excluding hydrogens is 428 g/mol. The molecule has 10 heteroatoms. The zero-order valence-corrected chi connectivity index (χ0v) is 17.9. The van der Waals surface area contributed by atoms with Crippen LogP contribution >= 0.6 is 11.6 Å². The van der Waals surface area contributed by atoms with Gasteiger partial charge in [-0.25, -0.2) is 8.78 Å². The van der Waals surface area contributed by atoms with Gasteiger partial charge >= 0.3 is 6.01 Å². The van der Waals surface area contributed by atoms with Gasteiger partial charge in [0.05, 0.1) is 11.6 Å². The number of pyridine rings is 1. The summed E-state index contributed by atoms with van der Waals surface area (Å²) in [7, 11) is 0. The van der Waals surface area contributed by atoms with Crippen molar-refractivity contribution in [2.75, 3.05) is 37.7 Å². The van der Waals surface area contributed by atoms with Gasteiger partial charge in [0.25, 0.3) is 0 Å². The molecule has 3 fully saturated rings. The van der Waals surface area contributed by atoms with Gasteiger partial charge in [0.2, 0.25) is 5.88 Å². The number of aromatic nitrogens is 3. The van der Waals surface area contributed by atoms with E-state index in [0.29, 0.717) is 30.8 Å². The van der Waals surface area contributed by atoms with Gasteiger partial charge in [0.1, 0.15) is 36.1 Å². The average molecular weight is 452 g/mol. The van der Waals surface area contributed by atoms with E-state index in [4.69, 9.17) is 21.1 Å². The van der Waals surface area contributed by atoms with Crippen molar-refractivity contribution >= 4 is 28.3 Å². The van der Waals surface area contributed by atoms with E-state index in [-0.39, 0.29) is 40.7 Å². The Bertz CT molecular complexity index is 1040. The van der Waals surface area contributed by atoms with Crippen LogP contribution in [0.4, 0.5) is 14.6 Å². The molecule has 6 heterocycles. The molecule has 0 aliphatic carbocycles. The van der Waals surface area contributed by atoms with E-state index in [0.717, 1.165) is 45.2 Å². The van der Waals surface area contributed by atoms with Crippen molar-refractivity contribution in [3.63, 3.8) is 0 Å². The molecule has 0 aromatic carbocycles. The Morgan fingerprint density at radius 1 is 1.19 bits per heavy atom. The van der Waals surface area contributed by atoms with Crippen LogP contribution in [0.1, 0.15) is 38.5 Å². The first-order chi connectivity index (χ1) is 15.0. The topological polar surface area (TPSA) is 63.6 Å². The molecule has 4 aliphatic heterocycles. The maximum absolute atomic E-state index is 15.0. The number of hydrogen-bond acceptors (Lipinski definition) is 7. The summed E-state index contributed by atoms with van der Waals surface area (Å²) in [6.45, 7) is 2.83. The Morgan fingerprint density at radius 2 is 2.10 bits per heavy atom. The van der Waals surface area contributed by atoms with Crippen LogP contribution < -0.4 is 14.4 Å². The normalized spacial score (nSPS) is 30.1. The van der Waals surface area contributed by atoms with Crippen LogP contribution in [0.5, 0.6) is 11.9 Å². The maximum Gasteiger partial charge on any atom is 0.319 e. The SMILES string of the molecule is Fc1c(Cl)nc2c3c(nc(OC[C@@]45CCCN4C[C@H](F)C5)nc13)N1CCCC[C@H]1CO2. The zero-order valence-electron chi connectivity index (χ0n) is 17.1. The Labute approximate surface area is 183 Å². The highest BCUT2D eigenvalue weighted by atomic mass is 35.5. The summed E-state index contributed by atoms with van der Waals surface area (Å²) in [5.41, 5.74) is -0.279. The fourth-order valence-electron chi connectivity index (χ4n) is 5.73. The van der Waals surface area contributed by atoms with Crippen LogP contribution in [-0.2, 0) is 0 Å². The van der Waals surface area contributed by atoms with E-state index in [2.05, 4.69) is 24.8 Å². The van der Waals surface area contributed by atoms with Gasteiger partial charge in [0, 0.05) is 19.5 Å². The van der Waals surface area contributed by atoms with Crippen LogP contribution in [0.2, 0.25) is 5.15 Å². The number of nitrogens with zero attached hydrogens (tertiary/aromatic N) is 5. The van der Waals surface area contributed by atoms with Crippen LogP contribution in [-0.4, -0.2) is 70.5 Å². The summed E-state index contributed by atoms with van der Waals surface area (Å²) in [6.07, 6.45) is 4.58. The second-order valence-corrected chi connectivity index (χ2v) is 9.45. The van der Waals surface area contributed by atoms with Crippen molar-refractivity contribution in [3.05, 3.63) is 11.0 Å². The van der Waals surface area contributed by atoms with Crippen LogP contribution in [0.15, 0.2) is 0 Å². The molecular formula is C21H24ClF2N5O2. The highest BCUT2D eigenvalue weighted by Gasteiger charge is 2.49. The highest BCUT2D eigenvalue weighted by Crippen LogP contribution is 2.42. The minimum Gasteiger partial charge on any atom is -0.475 e. The first-order valence-electron chi connectivity index (χ1n) is 11.0. The first-order valence-corrected chi connectivity index (χ1v) is 11.4. The molecule has 0 bridgehead atoms. The third kappa shape index (κ3) is 3.11. The average Bonchev–Trinajstić information content (AvgIpc) is 3.24. The third-order valence-electron chi connectivity index (χ3n) is 7.21. The number of ether oxygens (including phenoxy) is 2. The summed E-state index contributed by atoms with van der Waals surface area (Å²) in [6, 6.07) is 0.214. The summed E-state index contributed by atoms with van der Waals surface area (Å²) in [5, 5.41) is 0.151. The molecule has 0 unspecified atom stereocenters. The Morgan fingerprint density at radius 3 is 3.00 bits per heavy atom. The number of anilines is 1. The van der Waals surface area contributed by atoms with Crippen LogP contribution in [0.25, 0.3) is 10.9 Å². The van der Waals surface area contributed by atoms with Crippen molar-refractivity contribution in [1.29, 1.82) is 0 Å². The molecule has 31 heavy (non-hydrogen) atoms. The number of piperidine rings is 1. The fraction of sp³-hybridized carbons (Fsp3) is 0.667. The minimum absolute atomic E-state index is 0.0526. The molecule has 166 valence electrons. The lowest BCUT2D eigenvalue weighted by molar-refractivity contribution is 0.107. The maximum atomic E-state index is 15.0. The molecule has 0 saturated carbocycles. The molecule has 2 aromatic rings. The van der Waals surface area contributed by atoms with Crippen molar-refractivity contribution in [2.45, 2.75) is 56.3 Å². The first kappa shape index (κ1) is 19.7. The van der Waals surface area contributed by atoms with E-state index in [1.54, 1.807) is 0 Å². The van der Waals surface area contributed by atoms with Crippen molar-refractivity contribution in [2.24, 2.45) is 0 Å². The Balaban J connectivity index is 1.41. The molecule has 0 N–H and O–H groups in total. The van der Waals surface area contributed by atoms with Gasteiger partial charge in [0.15, 0.2) is 11.0 Å².